The molecule has 0 unspecified atom stereocenters. The highest BCUT2D eigenvalue weighted by Gasteiger charge is 2.10. The summed E-state index contributed by atoms with van der Waals surface area (Å²) in [5.41, 5.74) is 16.8. The van der Waals surface area contributed by atoms with Crippen LogP contribution < -0.4 is 5.73 Å². The lowest BCUT2D eigenvalue weighted by molar-refractivity contribution is 0.960. The van der Waals surface area contributed by atoms with Crippen LogP contribution in [0.2, 0.25) is 0 Å². The molecule has 37 heavy (non-hydrogen) atoms. The molecule has 2 heteroatoms. The molecule has 0 aliphatic carbocycles. The molecule has 2 N–H and O–H groups in total. The van der Waals surface area contributed by atoms with E-state index in [4.69, 9.17) is 10.7 Å². The zero-order valence-corrected chi connectivity index (χ0v) is 21.3. The Hall–Kier alpha value is -4.61. The predicted octanol–water partition coefficient (Wildman–Crippen LogP) is 8.42. The van der Waals surface area contributed by atoms with Crippen LogP contribution in [0.3, 0.4) is 0 Å². The van der Waals surface area contributed by atoms with Gasteiger partial charge in [-0.3, -0.25) is 4.98 Å². The fourth-order valence-corrected chi connectivity index (χ4v) is 4.59. The molecule has 1 heterocycles. The van der Waals surface area contributed by atoms with Gasteiger partial charge >= 0.3 is 0 Å². The molecule has 5 aromatic rings. The molecule has 180 valence electrons. The average Bonchev–Trinajstić information content (AvgIpc) is 2.94. The van der Waals surface area contributed by atoms with Gasteiger partial charge in [-0.2, -0.15) is 0 Å². The molecule has 5 rings (SSSR count). The molecule has 2 nitrogen and oxygen atoms in total. The first kappa shape index (κ1) is 24.1. The first-order chi connectivity index (χ1) is 18.1. The Morgan fingerprint density at radius 1 is 0.811 bits per heavy atom. The van der Waals surface area contributed by atoms with Crippen molar-refractivity contribution in [2.45, 2.75) is 26.7 Å². The van der Waals surface area contributed by atoms with Gasteiger partial charge in [-0.25, -0.2) is 0 Å². The number of hydrogen-bond donors (Lipinski definition) is 1. The van der Waals surface area contributed by atoms with Gasteiger partial charge in [0, 0.05) is 33.5 Å². The predicted molar refractivity (Wildman–Crippen MR) is 157 cm³/mol. The smallest absolute Gasteiger partial charge is 0.0712 e. The number of allylic oxidation sites excluding steroid dienone is 1. The summed E-state index contributed by atoms with van der Waals surface area (Å²) in [4.78, 5) is 4.75. The number of fused-ring (bicyclic) bond motifs is 1. The van der Waals surface area contributed by atoms with Gasteiger partial charge < -0.3 is 5.73 Å². The number of nitrogen functional groups attached to an aromatic ring is 1. The number of rotatable bonds is 5. The topological polar surface area (TPSA) is 38.9 Å². The third-order valence-electron chi connectivity index (χ3n) is 6.44. The van der Waals surface area contributed by atoms with Crippen molar-refractivity contribution in [3.05, 3.63) is 137 Å². The second-order valence-corrected chi connectivity index (χ2v) is 9.23. The summed E-state index contributed by atoms with van der Waals surface area (Å²) in [5, 5.41) is 1.11. The number of hydrogen-bond acceptors (Lipinski definition) is 2. The molecule has 4 aromatic carbocycles. The zero-order chi connectivity index (χ0) is 25.6. The largest absolute Gasteiger partial charge is 0.398 e. The van der Waals surface area contributed by atoms with Crippen LogP contribution in [-0.2, 0) is 0 Å². The summed E-state index contributed by atoms with van der Waals surface area (Å²) in [6, 6.07) is 35.4. The Bertz CT molecular complexity index is 1640. The Labute approximate surface area is 219 Å². The second kappa shape index (κ2) is 11.0. The number of aryl methyl sites for hydroxylation is 1. The Balaban J connectivity index is 1.55. The SMILES string of the molecule is CCC/C=C(/c1ccccc1)c1cc(C#Cc2ccc3nc(C)cc(-c4ccccc4)c3c2)ccc1N. The maximum atomic E-state index is 6.46. The molecule has 0 radical (unpaired) electrons. The summed E-state index contributed by atoms with van der Waals surface area (Å²) in [5.74, 6) is 6.75. The summed E-state index contributed by atoms with van der Waals surface area (Å²) >= 11 is 0. The highest BCUT2D eigenvalue weighted by molar-refractivity contribution is 5.95. The molecule has 0 fully saturated rings. The van der Waals surface area contributed by atoms with E-state index in [9.17, 15) is 0 Å². The van der Waals surface area contributed by atoms with Crippen molar-refractivity contribution >= 4 is 22.2 Å². The molecule has 0 saturated carbocycles. The Morgan fingerprint density at radius 2 is 1.49 bits per heavy atom. The summed E-state index contributed by atoms with van der Waals surface area (Å²) < 4.78 is 0. The zero-order valence-electron chi connectivity index (χ0n) is 21.3. The molecular weight excluding hydrogens is 448 g/mol. The standard InChI is InChI=1S/C35H30N2/c1-3-4-15-30(28-11-7-5-8-12-28)32-23-26(18-20-34(32)36)16-17-27-19-21-35-33(24-27)31(22-25(2)37-35)29-13-9-6-10-14-29/h5-15,18-24H,3-4,36H2,1-2H3/b30-15-. The van der Waals surface area contributed by atoms with Crippen molar-refractivity contribution in [2.24, 2.45) is 0 Å². The summed E-state index contributed by atoms with van der Waals surface area (Å²) in [6.45, 7) is 4.23. The van der Waals surface area contributed by atoms with E-state index < -0.39 is 0 Å². The van der Waals surface area contributed by atoms with Gasteiger partial charge in [0.25, 0.3) is 0 Å². The van der Waals surface area contributed by atoms with E-state index in [2.05, 4.69) is 97.6 Å². The fraction of sp³-hybridized carbons (Fsp3) is 0.114. The van der Waals surface area contributed by atoms with Gasteiger partial charge in [0.1, 0.15) is 0 Å². The van der Waals surface area contributed by atoms with Gasteiger partial charge in [-0.15, -0.1) is 0 Å². The van der Waals surface area contributed by atoms with Crippen LogP contribution in [0.4, 0.5) is 5.69 Å². The van der Waals surface area contributed by atoms with Gasteiger partial charge in [-0.05, 0) is 78.1 Å². The van der Waals surface area contributed by atoms with E-state index in [-0.39, 0.29) is 0 Å². The lowest BCUT2D eigenvalue weighted by atomic mass is 9.94. The van der Waals surface area contributed by atoms with Crippen LogP contribution in [0.15, 0.2) is 109 Å². The van der Waals surface area contributed by atoms with E-state index in [1.165, 1.54) is 16.7 Å². The minimum atomic E-state index is 0.761. The maximum absolute atomic E-state index is 6.46. The monoisotopic (exact) mass is 478 g/mol. The van der Waals surface area contributed by atoms with Crippen molar-refractivity contribution < 1.29 is 0 Å². The van der Waals surface area contributed by atoms with Crippen LogP contribution in [0.5, 0.6) is 0 Å². The first-order valence-corrected chi connectivity index (χ1v) is 12.8. The molecule has 0 bridgehead atoms. The number of nitrogens with zero attached hydrogens (tertiary/aromatic N) is 1. The lowest BCUT2D eigenvalue weighted by Gasteiger charge is -2.12. The Morgan fingerprint density at radius 3 is 2.22 bits per heavy atom. The van der Waals surface area contributed by atoms with E-state index in [1.807, 2.05) is 37.3 Å². The van der Waals surface area contributed by atoms with Crippen LogP contribution >= 0.6 is 0 Å². The van der Waals surface area contributed by atoms with Crippen molar-refractivity contribution in [1.82, 2.24) is 4.98 Å². The van der Waals surface area contributed by atoms with Crippen molar-refractivity contribution in [3.63, 3.8) is 0 Å². The third-order valence-corrected chi connectivity index (χ3v) is 6.44. The van der Waals surface area contributed by atoms with Crippen molar-refractivity contribution in [1.29, 1.82) is 0 Å². The summed E-state index contributed by atoms with van der Waals surface area (Å²) in [6.07, 6.45) is 4.35. The highest BCUT2D eigenvalue weighted by Crippen LogP contribution is 2.31. The molecule has 0 spiro atoms. The third kappa shape index (κ3) is 5.47. The minimum absolute atomic E-state index is 0.761. The molecule has 0 aliphatic heterocycles. The van der Waals surface area contributed by atoms with Crippen LogP contribution in [-0.4, -0.2) is 4.98 Å². The highest BCUT2D eigenvalue weighted by atomic mass is 14.7. The van der Waals surface area contributed by atoms with Crippen molar-refractivity contribution in [2.75, 3.05) is 5.73 Å². The van der Waals surface area contributed by atoms with Crippen LogP contribution in [0, 0.1) is 18.8 Å². The van der Waals surface area contributed by atoms with E-state index in [0.717, 1.165) is 57.4 Å². The normalized spacial score (nSPS) is 11.2. The maximum Gasteiger partial charge on any atom is 0.0712 e. The number of nitrogens with two attached hydrogens (primary N) is 1. The quantitative estimate of drug-likeness (QED) is 0.203. The van der Waals surface area contributed by atoms with Gasteiger partial charge in [-0.1, -0.05) is 91.9 Å². The molecular formula is C35H30N2. The van der Waals surface area contributed by atoms with Crippen LogP contribution in [0.1, 0.15) is 47.7 Å². The molecule has 1 aromatic heterocycles. The lowest BCUT2D eigenvalue weighted by Crippen LogP contribution is -1.97. The molecule has 0 amide bonds. The van der Waals surface area contributed by atoms with Crippen molar-refractivity contribution in [3.8, 4) is 23.0 Å². The fourth-order valence-electron chi connectivity index (χ4n) is 4.59. The number of benzene rings is 4. The number of unbranched alkanes of at least 4 members (excludes halogenated alkanes) is 1. The minimum Gasteiger partial charge on any atom is -0.398 e. The van der Waals surface area contributed by atoms with Gasteiger partial charge in [0.05, 0.1) is 5.52 Å². The number of aromatic nitrogens is 1. The Kier molecular flexibility index (Phi) is 7.15. The van der Waals surface area contributed by atoms with E-state index in [0.29, 0.717) is 0 Å². The number of anilines is 1. The second-order valence-electron chi connectivity index (χ2n) is 9.23. The van der Waals surface area contributed by atoms with E-state index in [1.54, 1.807) is 0 Å². The molecule has 0 saturated heterocycles. The van der Waals surface area contributed by atoms with Crippen LogP contribution in [0.25, 0.3) is 27.6 Å². The summed E-state index contributed by atoms with van der Waals surface area (Å²) in [7, 11) is 0. The molecule has 0 atom stereocenters. The van der Waals surface area contributed by atoms with Gasteiger partial charge in [0.2, 0.25) is 0 Å². The van der Waals surface area contributed by atoms with E-state index >= 15 is 0 Å². The van der Waals surface area contributed by atoms with Gasteiger partial charge in [0.15, 0.2) is 0 Å². The average molecular weight is 479 g/mol. The molecule has 0 aliphatic rings. The first-order valence-electron chi connectivity index (χ1n) is 12.8. The number of pyridine rings is 1.